The number of nitrogens with zero attached hydrogens (tertiary/aromatic N) is 8. The van der Waals surface area contributed by atoms with Crippen molar-refractivity contribution in [2.45, 2.75) is 41.5 Å². The van der Waals surface area contributed by atoms with Crippen molar-refractivity contribution in [3.63, 3.8) is 0 Å². The van der Waals surface area contributed by atoms with Gasteiger partial charge < -0.3 is 43.4 Å². The average molecular weight is 745 g/mol. The van der Waals surface area contributed by atoms with Crippen LogP contribution in [-0.4, -0.2) is 47.2 Å². The number of nitriles is 2. The van der Waals surface area contributed by atoms with Gasteiger partial charge >= 0.3 is 23.6 Å². The maximum atomic E-state index is 7.32. The quantitative estimate of drug-likeness (QED) is 0.0927. The number of thiocarbonyl (C=S) groups is 1. The van der Waals surface area contributed by atoms with Crippen molar-refractivity contribution in [3.05, 3.63) is 126 Å². The Hall–Kier alpha value is -5.06. The third-order valence-electron chi connectivity index (χ3n) is 7.22. The van der Waals surface area contributed by atoms with Crippen molar-refractivity contribution in [1.29, 1.82) is 10.5 Å². The Morgan fingerprint density at radius 2 is 0.920 bits per heavy atom. The van der Waals surface area contributed by atoms with E-state index in [9.17, 15) is 0 Å². The van der Waals surface area contributed by atoms with E-state index in [2.05, 4.69) is 119 Å². The second-order valence-corrected chi connectivity index (χ2v) is 11.7. The summed E-state index contributed by atoms with van der Waals surface area (Å²) >= 11 is 8.77. The van der Waals surface area contributed by atoms with Gasteiger partial charge in [0.15, 0.2) is 0 Å². The van der Waals surface area contributed by atoms with Crippen molar-refractivity contribution >= 4 is 36.3 Å². The molecule has 0 saturated carbocycles. The predicted molar refractivity (Wildman–Crippen MR) is 205 cm³/mol. The molecule has 50 heavy (non-hydrogen) atoms. The van der Waals surface area contributed by atoms with Crippen LogP contribution in [0.15, 0.2) is 109 Å². The van der Waals surface area contributed by atoms with Gasteiger partial charge in [0.2, 0.25) is 0 Å². The van der Waals surface area contributed by atoms with Gasteiger partial charge in [-0.3, -0.25) is 0 Å². The molecule has 6 aromatic rings. The maximum absolute atomic E-state index is 7.32. The minimum atomic E-state index is -1.55. The molecule has 0 unspecified atom stereocenters. The normalized spacial score (nSPS) is 9.62. The van der Waals surface area contributed by atoms with E-state index < -0.39 is 7.12 Å². The van der Waals surface area contributed by atoms with E-state index in [0.29, 0.717) is 6.61 Å². The fraction of sp³-hybridized carbons (Fsp3) is 0.189. The summed E-state index contributed by atoms with van der Waals surface area (Å²) in [7, 11) is -1.55. The molecule has 3 heterocycles. The molecule has 13 heteroatoms. The number of hydrogen-bond acceptors (Lipinski definition) is 8. The fourth-order valence-electron chi connectivity index (χ4n) is 5.14. The number of aryl methyl sites for hydroxylation is 3. The Labute approximate surface area is 316 Å². The zero-order valence-electron chi connectivity index (χ0n) is 28.9. The van der Waals surface area contributed by atoms with E-state index in [4.69, 9.17) is 25.8 Å². The Bertz CT molecular complexity index is 1790. The van der Waals surface area contributed by atoms with Crippen LogP contribution in [0, 0.1) is 43.4 Å². The van der Waals surface area contributed by atoms with Gasteiger partial charge in [0, 0.05) is 34.9 Å². The van der Waals surface area contributed by atoms with Crippen LogP contribution < -0.4 is 0 Å². The van der Waals surface area contributed by atoms with Crippen LogP contribution in [-0.2, 0) is 33.9 Å². The minimum Gasteiger partial charge on any atom is -0.514 e. The molecule has 0 saturated heterocycles. The first kappa shape index (κ1) is 41.1. The Kier molecular flexibility index (Phi) is 17.4. The summed E-state index contributed by atoms with van der Waals surface area (Å²) in [5.41, 5.74) is 9.28. The molecule has 0 aliphatic carbocycles. The van der Waals surface area contributed by atoms with Crippen LogP contribution in [0.1, 0.15) is 37.9 Å². The summed E-state index contributed by atoms with van der Waals surface area (Å²) in [6.45, 7) is 11.6. The summed E-state index contributed by atoms with van der Waals surface area (Å²) in [5, 5.41) is 30.0. The molecule has 0 N–H and O–H groups in total. The Morgan fingerprint density at radius 1 is 0.660 bits per heavy atom. The van der Waals surface area contributed by atoms with Gasteiger partial charge in [-0.15, -0.1) is 0 Å². The van der Waals surface area contributed by atoms with E-state index in [1.807, 2.05) is 61.5 Å². The smallest absolute Gasteiger partial charge is 0.514 e. The summed E-state index contributed by atoms with van der Waals surface area (Å²) in [5.74, 6) is 0. The second kappa shape index (κ2) is 21.1. The number of hydrogen-bond donors (Lipinski definition) is 0. The van der Waals surface area contributed by atoms with Crippen LogP contribution >= 0.6 is 12.2 Å². The topological polar surface area (TPSA) is 110 Å². The van der Waals surface area contributed by atoms with Gasteiger partial charge in [-0.1, -0.05) is 91.0 Å². The Balaban J connectivity index is 0.000000583. The molecule has 0 amide bonds. The molecule has 3 aromatic heterocycles. The second-order valence-electron chi connectivity index (χ2n) is 10.7. The van der Waals surface area contributed by atoms with Crippen molar-refractivity contribution < 1.29 is 21.2 Å². The van der Waals surface area contributed by atoms with E-state index in [1.165, 1.54) is 13.8 Å². The molecule has 0 spiro atoms. The predicted octanol–water partition coefficient (Wildman–Crippen LogP) is 7.78. The van der Waals surface area contributed by atoms with Gasteiger partial charge in [-0.2, -0.15) is 10.5 Å². The standard InChI is InChI=1S/C30H28BN6.C3H6OS2.2C2H3N.Ni/c1-22-19-28(25-13-7-4-8-14-25)32-35(22)31(36-23(2)20-29(33-36)26-15-9-5-10-16-26)37-24(3)21-30(34-37)27-17-11-6-12-18-27;1-2-4-3(5)6;2*1-2-3;/h4-21,31H,1-3H3;2H2,1H3,(H,5,6);2*1H3;/q-1;;;;+2/p-1. The zero-order chi connectivity index (χ0) is 35.8. The minimum absolute atomic E-state index is 0. The van der Waals surface area contributed by atoms with E-state index in [0.717, 1.165) is 50.9 Å². The summed E-state index contributed by atoms with van der Waals surface area (Å²) in [6.07, 6.45) is 0. The van der Waals surface area contributed by atoms with Gasteiger partial charge in [-0.25, -0.2) is 15.3 Å². The average Bonchev–Trinajstić information content (AvgIpc) is 3.80. The SMILES string of the molecule is CC#N.CC#N.CCOC(=S)[S-].Cc1cc(-c2ccccc2)nn1[BH-](n1nc(-c2ccccc2)cc1C)n1nc(-c2ccccc2)cc1C.[Ni+2]. The first-order valence-corrected chi connectivity index (χ1v) is 16.5. The first-order valence-electron chi connectivity index (χ1n) is 15.7. The molecule has 3 aromatic carbocycles. The van der Waals surface area contributed by atoms with E-state index in [-0.39, 0.29) is 20.9 Å². The maximum Gasteiger partial charge on any atom is 2.00 e. The molecule has 0 radical (unpaired) electrons. The summed E-state index contributed by atoms with van der Waals surface area (Å²) in [6, 6.07) is 40.8. The fourth-order valence-corrected chi connectivity index (χ4v) is 5.37. The molecule has 9 nitrogen and oxygen atoms in total. The molecule has 0 atom stereocenters. The molecule has 0 bridgehead atoms. The summed E-state index contributed by atoms with van der Waals surface area (Å²) < 4.78 is 11.1. The zero-order valence-corrected chi connectivity index (χ0v) is 31.5. The third-order valence-corrected chi connectivity index (χ3v) is 7.45. The summed E-state index contributed by atoms with van der Waals surface area (Å²) in [4.78, 5) is 0. The molecule has 0 aliphatic heterocycles. The van der Waals surface area contributed by atoms with Crippen LogP contribution in [0.4, 0.5) is 0 Å². The van der Waals surface area contributed by atoms with Gasteiger partial charge in [0.1, 0.15) is 0 Å². The number of ether oxygens (including phenoxy) is 1. The van der Waals surface area contributed by atoms with E-state index >= 15 is 0 Å². The number of aromatic nitrogens is 6. The van der Waals surface area contributed by atoms with E-state index in [1.54, 1.807) is 12.1 Å². The van der Waals surface area contributed by atoms with Gasteiger partial charge in [0.05, 0.1) is 35.8 Å². The van der Waals surface area contributed by atoms with Crippen molar-refractivity contribution in [1.82, 2.24) is 29.1 Å². The van der Waals surface area contributed by atoms with Crippen molar-refractivity contribution in [3.8, 4) is 45.9 Å². The largest absolute Gasteiger partial charge is 2.00 e. The number of benzene rings is 3. The molecular weight excluding hydrogens is 706 g/mol. The molecule has 0 aliphatic rings. The molecule has 0 fully saturated rings. The first-order chi connectivity index (χ1) is 23.7. The number of rotatable bonds is 7. The Morgan fingerprint density at radius 3 is 1.12 bits per heavy atom. The van der Waals surface area contributed by atoms with Gasteiger partial charge in [-0.05, 0) is 63.0 Å². The third kappa shape index (κ3) is 11.2. The molecule has 6 rings (SSSR count). The van der Waals surface area contributed by atoms with Crippen molar-refractivity contribution in [2.75, 3.05) is 6.61 Å². The van der Waals surface area contributed by atoms with Crippen LogP contribution in [0.25, 0.3) is 33.8 Å². The van der Waals surface area contributed by atoms with Crippen LogP contribution in [0.5, 0.6) is 0 Å². The monoisotopic (exact) mass is 744 g/mol. The molecule has 258 valence electrons. The van der Waals surface area contributed by atoms with Gasteiger partial charge in [0.25, 0.3) is 0 Å². The molecular formula is C37H39BN8NiOS2. The van der Waals surface area contributed by atoms with Crippen LogP contribution in [0.3, 0.4) is 0 Å². The van der Waals surface area contributed by atoms with Crippen LogP contribution in [0.2, 0.25) is 0 Å². The van der Waals surface area contributed by atoms with Crippen molar-refractivity contribution in [2.24, 2.45) is 0 Å².